The van der Waals surface area contributed by atoms with Gasteiger partial charge in [-0.2, -0.15) is 0 Å². The average Bonchev–Trinajstić information content (AvgIpc) is 2.43. The number of ether oxygens (including phenoxy) is 1. The van der Waals surface area contributed by atoms with E-state index in [1.807, 2.05) is 37.3 Å². The van der Waals surface area contributed by atoms with Gasteiger partial charge in [-0.15, -0.1) is 0 Å². The van der Waals surface area contributed by atoms with Gasteiger partial charge in [-0.1, -0.05) is 30.3 Å². The molecule has 20 heavy (non-hydrogen) atoms. The number of methoxy groups -OCH3 is 1. The quantitative estimate of drug-likeness (QED) is 0.836. The Morgan fingerprint density at radius 3 is 2.50 bits per heavy atom. The lowest BCUT2D eigenvalue weighted by atomic mass is 9.77. The van der Waals surface area contributed by atoms with Crippen LogP contribution in [-0.4, -0.2) is 30.3 Å². The van der Waals surface area contributed by atoms with Gasteiger partial charge in [-0.25, -0.2) is 0 Å². The number of aliphatic hydroxyl groups excluding tert-OH is 1. The predicted molar refractivity (Wildman–Crippen MR) is 77.2 cm³/mol. The zero-order valence-electron chi connectivity index (χ0n) is 12.2. The molecule has 2 rings (SSSR count). The highest BCUT2D eigenvalue weighted by atomic mass is 16.5. The maximum absolute atomic E-state index is 12.3. The van der Waals surface area contributed by atoms with E-state index >= 15 is 0 Å². The van der Waals surface area contributed by atoms with Gasteiger partial charge in [-0.05, 0) is 31.7 Å². The van der Waals surface area contributed by atoms with Crippen molar-refractivity contribution < 1.29 is 14.6 Å². The van der Waals surface area contributed by atoms with E-state index in [0.717, 1.165) is 24.8 Å². The van der Waals surface area contributed by atoms with Crippen molar-refractivity contribution in [2.75, 3.05) is 13.7 Å². The number of carbonyl (C=O) groups excluding carboxylic acids is 1. The fraction of sp³-hybridized carbons (Fsp3) is 0.562. The maximum atomic E-state index is 12.3. The number of hydrogen-bond donors (Lipinski definition) is 2. The Morgan fingerprint density at radius 2 is 2.05 bits per heavy atom. The number of nitrogens with one attached hydrogen (secondary N) is 1. The summed E-state index contributed by atoms with van der Waals surface area (Å²) in [6.45, 7) is 1.70. The van der Waals surface area contributed by atoms with E-state index in [4.69, 9.17) is 4.74 Å². The van der Waals surface area contributed by atoms with E-state index in [1.165, 1.54) is 0 Å². The molecule has 4 nitrogen and oxygen atoms in total. The van der Waals surface area contributed by atoms with E-state index < -0.39 is 5.54 Å². The highest BCUT2D eigenvalue weighted by Crippen LogP contribution is 2.38. The molecule has 1 unspecified atom stereocenters. The molecule has 1 atom stereocenters. The number of carbonyl (C=O) groups is 1. The van der Waals surface area contributed by atoms with Gasteiger partial charge in [0.1, 0.15) is 0 Å². The molecule has 0 aliphatic heterocycles. The number of aliphatic hydroxyl groups is 1. The summed E-state index contributed by atoms with van der Waals surface area (Å²) in [4.78, 5) is 12.3. The van der Waals surface area contributed by atoms with Gasteiger partial charge in [0, 0.05) is 7.11 Å². The summed E-state index contributed by atoms with van der Waals surface area (Å²) < 4.78 is 5.47. The van der Waals surface area contributed by atoms with Gasteiger partial charge in [-0.3, -0.25) is 4.79 Å². The Bertz CT molecular complexity index is 451. The number of amides is 1. The molecule has 1 fully saturated rings. The molecule has 1 aliphatic rings. The Hall–Kier alpha value is -1.39. The Morgan fingerprint density at radius 1 is 1.40 bits per heavy atom. The molecule has 4 heteroatoms. The first-order chi connectivity index (χ1) is 9.53. The minimum Gasteiger partial charge on any atom is -0.394 e. The number of hydrogen-bond acceptors (Lipinski definition) is 3. The largest absolute Gasteiger partial charge is 0.394 e. The summed E-state index contributed by atoms with van der Waals surface area (Å²) in [7, 11) is 1.66. The molecule has 0 saturated heterocycles. The molecule has 0 bridgehead atoms. The molecule has 1 aliphatic carbocycles. The van der Waals surface area contributed by atoms with Crippen LogP contribution >= 0.6 is 0 Å². The van der Waals surface area contributed by atoms with Crippen LogP contribution in [0.5, 0.6) is 0 Å². The monoisotopic (exact) mass is 277 g/mol. The first-order valence-corrected chi connectivity index (χ1v) is 7.06. The first-order valence-electron chi connectivity index (χ1n) is 7.06. The lowest BCUT2D eigenvalue weighted by Crippen LogP contribution is -2.50. The second kappa shape index (κ2) is 5.94. The van der Waals surface area contributed by atoms with E-state index in [0.29, 0.717) is 6.42 Å². The highest BCUT2D eigenvalue weighted by molar-refractivity contribution is 5.78. The molecule has 1 aromatic carbocycles. The second-order valence-electron chi connectivity index (χ2n) is 5.82. The van der Waals surface area contributed by atoms with Crippen LogP contribution in [0.3, 0.4) is 0 Å². The van der Waals surface area contributed by atoms with Gasteiger partial charge >= 0.3 is 0 Å². The summed E-state index contributed by atoms with van der Waals surface area (Å²) in [5.74, 6) is -0.0769. The molecule has 0 radical (unpaired) electrons. The minimum absolute atomic E-state index is 0.0769. The molecular formula is C16H23NO3. The summed E-state index contributed by atoms with van der Waals surface area (Å²) in [6, 6.07) is 9.53. The summed E-state index contributed by atoms with van der Waals surface area (Å²) in [5.41, 5.74) is -0.148. The van der Waals surface area contributed by atoms with Crippen molar-refractivity contribution >= 4 is 5.91 Å². The van der Waals surface area contributed by atoms with Gasteiger partial charge in [0.2, 0.25) is 5.91 Å². The third-order valence-electron chi connectivity index (χ3n) is 4.32. The van der Waals surface area contributed by atoms with Crippen molar-refractivity contribution in [2.45, 2.75) is 43.7 Å². The van der Waals surface area contributed by atoms with Crippen LogP contribution in [0.15, 0.2) is 30.3 Å². The molecule has 0 heterocycles. The molecule has 1 saturated carbocycles. The molecule has 1 amide bonds. The molecule has 1 aromatic rings. The van der Waals surface area contributed by atoms with Crippen molar-refractivity contribution in [3.05, 3.63) is 35.9 Å². The van der Waals surface area contributed by atoms with Crippen molar-refractivity contribution in [1.82, 2.24) is 5.32 Å². The van der Waals surface area contributed by atoms with Gasteiger partial charge in [0.05, 0.1) is 24.2 Å². The van der Waals surface area contributed by atoms with Crippen molar-refractivity contribution in [2.24, 2.45) is 0 Å². The van der Waals surface area contributed by atoms with E-state index in [1.54, 1.807) is 7.11 Å². The lowest BCUT2D eigenvalue weighted by Gasteiger charge is -2.41. The molecule has 0 aromatic heterocycles. The van der Waals surface area contributed by atoms with Crippen molar-refractivity contribution in [1.29, 1.82) is 0 Å². The lowest BCUT2D eigenvalue weighted by molar-refractivity contribution is -0.136. The summed E-state index contributed by atoms with van der Waals surface area (Å²) >= 11 is 0. The number of rotatable bonds is 6. The SMILES string of the molecule is COC1(CC(=O)NC(C)(CO)c2ccccc2)CCC1. The molecule has 0 spiro atoms. The van der Waals surface area contributed by atoms with E-state index in [9.17, 15) is 9.90 Å². The van der Waals surface area contributed by atoms with Crippen LogP contribution in [0.1, 0.15) is 38.2 Å². The Kier molecular flexibility index (Phi) is 4.45. The number of benzene rings is 1. The smallest absolute Gasteiger partial charge is 0.223 e. The van der Waals surface area contributed by atoms with Crippen LogP contribution in [0.25, 0.3) is 0 Å². The zero-order valence-corrected chi connectivity index (χ0v) is 12.2. The van der Waals surface area contributed by atoms with Gasteiger partial charge in [0.15, 0.2) is 0 Å². The molecule has 110 valence electrons. The first kappa shape index (κ1) is 15.0. The average molecular weight is 277 g/mol. The molecule has 2 N–H and O–H groups in total. The topological polar surface area (TPSA) is 58.6 Å². The fourth-order valence-electron chi connectivity index (χ4n) is 2.68. The van der Waals surface area contributed by atoms with Crippen LogP contribution in [0.2, 0.25) is 0 Å². The fourth-order valence-corrected chi connectivity index (χ4v) is 2.68. The van der Waals surface area contributed by atoms with Crippen LogP contribution in [0.4, 0.5) is 0 Å². The zero-order chi connectivity index (χ0) is 14.6. The Labute approximate surface area is 120 Å². The van der Waals surface area contributed by atoms with Crippen LogP contribution in [-0.2, 0) is 15.1 Å². The van der Waals surface area contributed by atoms with E-state index in [-0.39, 0.29) is 18.1 Å². The molecular weight excluding hydrogens is 254 g/mol. The van der Waals surface area contributed by atoms with Crippen LogP contribution < -0.4 is 5.32 Å². The van der Waals surface area contributed by atoms with Gasteiger partial charge < -0.3 is 15.2 Å². The summed E-state index contributed by atoms with van der Waals surface area (Å²) in [6.07, 6.45) is 3.32. The minimum atomic E-state index is -0.753. The Balaban J connectivity index is 2.04. The summed E-state index contributed by atoms with van der Waals surface area (Å²) in [5, 5.41) is 12.6. The predicted octanol–water partition coefficient (Wildman–Crippen LogP) is 1.97. The van der Waals surface area contributed by atoms with E-state index in [2.05, 4.69) is 5.32 Å². The third kappa shape index (κ3) is 3.02. The van der Waals surface area contributed by atoms with Gasteiger partial charge in [0.25, 0.3) is 0 Å². The second-order valence-corrected chi connectivity index (χ2v) is 5.82. The van der Waals surface area contributed by atoms with Crippen molar-refractivity contribution in [3.8, 4) is 0 Å². The van der Waals surface area contributed by atoms with Crippen LogP contribution in [0, 0.1) is 0 Å². The maximum Gasteiger partial charge on any atom is 0.223 e. The standard InChI is InChI=1S/C16H23NO3/c1-15(12-18,13-7-4-3-5-8-13)17-14(19)11-16(20-2)9-6-10-16/h3-5,7-8,18H,6,9-12H2,1-2H3,(H,17,19). The van der Waals surface area contributed by atoms with Crippen molar-refractivity contribution in [3.63, 3.8) is 0 Å². The normalized spacial score (nSPS) is 19.8. The third-order valence-corrected chi connectivity index (χ3v) is 4.32. The highest BCUT2D eigenvalue weighted by Gasteiger charge is 2.40.